The normalized spacial score (nSPS) is 16.3. The standard InChI is InChI=1S/C39H26N8.Co/c1-2-31(40)37(27-11-19-42-20-12-27)32-5-6-35(46-32)39(29-15-23-44-24-16-29)36-8-7-34(47-36)38(28-13-21-43-22-14-28)33-4-3-30(45-33)25-26-9-17-41-18-10-26;/h1-24,40,47H;/q-2;/b37-31-,38-33-,39-35-;. The van der Waals surface area contributed by atoms with Crippen LogP contribution in [0.3, 0.4) is 0 Å². The van der Waals surface area contributed by atoms with Crippen molar-refractivity contribution in [1.29, 1.82) is 0 Å². The van der Waals surface area contributed by atoms with E-state index in [-0.39, 0.29) is 5.70 Å². The zero-order valence-electron chi connectivity index (χ0n) is 25.4. The molecule has 7 heterocycles. The number of nitrogens with one attached hydrogen (secondary N) is 2. The van der Waals surface area contributed by atoms with Gasteiger partial charge in [0, 0.05) is 12.4 Å². The molecule has 5 aromatic rings. The number of aromatic nitrogens is 5. The fourth-order valence-electron chi connectivity index (χ4n) is 5.55. The Morgan fingerprint density at radius 1 is 0.562 bits per heavy atom. The molecule has 7 rings (SSSR count). The molecule has 0 spiro atoms. The van der Waals surface area contributed by atoms with Crippen LogP contribution in [0.25, 0.3) is 22.5 Å². The van der Waals surface area contributed by atoms with Gasteiger partial charge in [-0.05, 0) is 17.7 Å². The molecule has 0 amide bonds. The molecule has 8 nitrogen and oxygen atoms in total. The Balaban J connectivity index is 1.35. The monoisotopic (exact) mass is 665 g/mol. The summed E-state index contributed by atoms with van der Waals surface area (Å²) in [7, 11) is 0. The molecule has 0 unspecified atom stereocenters. The Kier molecular flexibility index (Phi) is 8.69. The van der Waals surface area contributed by atoms with Crippen LogP contribution in [0.4, 0.5) is 0 Å². The number of aromatic amines is 1. The van der Waals surface area contributed by atoms with Gasteiger partial charge in [-0.2, -0.15) is 0 Å². The van der Waals surface area contributed by atoms with E-state index >= 15 is 0 Å². The number of H-pyrrole nitrogens is 1. The summed E-state index contributed by atoms with van der Waals surface area (Å²) in [6.07, 6.45) is 23.0. The molecule has 0 saturated carbocycles. The van der Waals surface area contributed by atoms with Gasteiger partial charge in [0.05, 0.1) is 0 Å². The summed E-state index contributed by atoms with van der Waals surface area (Å²) in [4.78, 5) is 30.4. The van der Waals surface area contributed by atoms with Gasteiger partial charge in [-0.25, -0.2) is 0 Å². The zero-order valence-corrected chi connectivity index (χ0v) is 26.4. The molecule has 2 aliphatic rings. The molecular weight excluding hydrogens is 639 g/mol. The molecule has 0 aromatic carbocycles. The summed E-state index contributed by atoms with van der Waals surface area (Å²) in [5, 5.41) is 0. The topological polar surface area (TPSA) is 116 Å². The van der Waals surface area contributed by atoms with Crippen molar-refractivity contribution in [3.8, 4) is 0 Å². The van der Waals surface area contributed by atoms with Gasteiger partial charge in [0.2, 0.25) is 0 Å². The average molecular weight is 666 g/mol. The number of nitrogens with zero attached hydrogens (tertiary/aromatic N) is 6. The minimum atomic E-state index is 0.169. The number of aliphatic imine (C=N–C) groups is 2. The van der Waals surface area contributed by atoms with E-state index in [4.69, 9.17) is 37.6 Å². The summed E-state index contributed by atoms with van der Waals surface area (Å²) in [5.74, 6) is 0. The van der Waals surface area contributed by atoms with Crippen LogP contribution in [0.1, 0.15) is 33.6 Å². The van der Waals surface area contributed by atoms with Gasteiger partial charge in [-0.1, -0.05) is 5.57 Å². The first-order chi connectivity index (χ1) is 23.6. The Morgan fingerprint density at radius 2 is 0.979 bits per heavy atom. The van der Waals surface area contributed by atoms with Gasteiger partial charge in [-0.3, -0.25) is 28.3 Å². The molecule has 0 saturated heterocycles. The van der Waals surface area contributed by atoms with Crippen molar-refractivity contribution < 1.29 is 15.3 Å². The summed E-state index contributed by atoms with van der Waals surface area (Å²) in [5.41, 5.74) is 19.4. The SMILES string of the molecule is [CH-]=C/C([NH-])=C(C1=N/C(=C(/c2ccncc2)c2ccc(/C(=C3/C=CC([C](=[Co])c4ccncc4)=N3)c3ccncc3)[nH]2)C=C1)\c1ccncc1. The molecule has 5 aromatic heterocycles. The van der Waals surface area contributed by atoms with Crippen molar-refractivity contribution in [2.75, 3.05) is 0 Å². The number of hydrogen-bond donors (Lipinski definition) is 1. The van der Waals surface area contributed by atoms with E-state index in [1.165, 1.54) is 6.08 Å². The van der Waals surface area contributed by atoms with Gasteiger partial charge in [0.15, 0.2) is 0 Å². The maximum atomic E-state index is 8.58. The van der Waals surface area contributed by atoms with Crippen LogP contribution in [0, 0.1) is 6.58 Å². The smallest absolute Gasteiger partial charge is 0.265 e. The zero-order chi connectivity index (χ0) is 32.9. The van der Waals surface area contributed by atoms with E-state index in [2.05, 4.69) is 24.9 Å². The molecule has 2 N–H and O–H groups in total. The third-order valence-corrected chi connectivity index (χ3v) is 8.32. The van der Waals surface area contributed by atoms with Crippen molar-refractivity contribution in [3.63, 3.8) is 0 Å². The number of rotatable bonds is 9. The first kappa shape index (κ1) is 30.5. The van der Waals surface area contributed by atoms with E-state index in [1.807, 2.05) is 85.0 Å². The third-order valence-electron chi connectivity index (χ3n) is 7.75. The van der Waals surface area contributed by atoms with Gasteiger partial charge in [-0.15, -0.1) is 0 Å². The van der Waals surface area contributed by atoms with E-state index < -0.39 is 0 Å². The second kappa shape index (κ2) is 13.7. The first-order valence-corrected chi connectivity index (χ1v) is 15.5. The van der Waals surface area contributed by atoms with Crippen molar-refractivity contribution >= 4 is 32.6 Å². The van der Waals surface area contributed by atoms with Crippen molar-refractivity contribution in [3.05, 3.63) is 204 Å². The fraction of sp³-hybridized carbons (Fsp3) is 0. The molecule has 0 fully saturated rings. The van der Waals surface area contributed by atoms with Gasteiger partial charge in [0.25, 0.3) is 0 Å². The van der Waals surface area contributed by atoms with Crippen LogP contribution < -0.4 is 0 Å². The fourth-order valence-corrected chi connectivity index (χ4v) is 5.87. The predicted molar refractivity (Wildman–Crippen MR) is 187 cm³/mol. The Hall–Kier alpha value is -6.16. The summed E-state index contributed by atoms with van der Waals surface area (Å²) >= 11 is 4.85. The van der Waals surface area contributed by atoms with Crippen LogP contribution in [0.5, 0.6) is 0 Å². The molecule has 233 valence electrons. The molecule has 0 atom stereocenters. The second-order valence-electron chi connectivity index (χ2n) is 10.7. The van der Waals surface area contributed by atoms with E-state index in [0.717, 1.165) is 66.3 Å². The summed E-state index contributed by atoms with van der Waals surface area (Å²) < 4.78 is 0.757. The Morgan fingerprint density at radius 3 is 1.46 bits per heavy atom. The third kappa shape index (κ3) is 6.15. The van der Waals surface area contributed by atoms with Gasteiger partial charge >= 0.3 is 217 Å². The summed E-state index contributed by atoms with van der Waals surface area (Å²) in [6.45, 7) is 5.82. The predicted octanol–water partition coefficient (Wildman–Crippen LogP) is 7.36. The van der Waals surface area contributed by atoms with Crippen LogP contribution in [0.2, 0.25) is 0 Å². The molecule has 9 heteroatoms. The average Bonchev–Trinajstić information content (AvgIpc) is 3.93. The number of allylic oxidation sites excluding steroid dienone is 6. The minimum Gasteiger partial charge on any atom is -0.265 e. The number of pyridine rings is 4. The summed E-state index contributed by atoms with van der Waals surface area (Å²) in [6, 6.07) is 19.4. The van der Waals surface area contributed by atoms with E-state index in [9.17, 15) is 0 Å². The van der Waals surface area contributed by atoms with E-state index in [1.54, 1.807) is 49.6 Å². The molecular formula is C39H26CoN8-2. The Bertz CT molecular complexity index is 2240. The molecule has 0 radical (unpaired) electrons. The quantitative estimate of drug-likeness (QED) is 0.131. The van der Waals surface area contributed by atoms with Crippen LogP contribution >= 0.6 is 0 Å². The first-order valence-electron chi connectivity index (χ1n) is 15.0. The molecule has 0 aliphatic carbocycles. The van der Waals surface area contributed by atoms with Crippen LogP contribution in [-0.2, 0) is 15.3 Å². The maximum absolute atomic E-state index is 8.58. The van der Waals surface area contributed by atoms with Gasteiger partial charge in [0.1, 0.15) is 0 Å². The van der Waals surface area contributed by atoms with E-state index in [0.29, 0.717) is 11.3 Å². The van der Waals surface area contributed by atoms with Crippen molar-refractivity contribution in [2.45, 2.75) is 0 Å². The molecule has 0 bridgehead atoms. The van der Waals surface area contributed by atoms with Crippen molar-refractivity contribution in [1.82, 2.24) is 24.9 Å². The van der Waals surface area contributed by atoms with Crippen molar-refractivity contribution in [2.24, 2.45) is 9.98 Å². The second-order valence-corrected chi connectivity index (χ2v) is 11.2. The Labute approximate surface area is 285 Å². The molecule has 48 heavy (non-hydrogen) atoms. The molecule has 2 aliphatic heterocycles. The minimum absolute atomic E-state index is 0.169. The van der Waals surface area contributed by atoms with Gasteiger partial charge < -0.3 is 5.73 Å². The van der Waals surface area contributed by atoms with Crippen LogP contribution in [-0.4, -0.2) is 40.8 Å². The van der Waals surface area contributed by atoms with Crippen LogP contribution in [0.15, 0.2) is 168 Å². The number of hydrogen-bond acceptors (Lipinski definition) is 6.